The maximum atomic E-state index is 10.7. The van der Waals surface area contributed by atoms with Crippen LogP contribution in [-0.4, -0.2) is 9.97 Å². The van der Waals surface area contributed by atoms with Gasteiger partial charge in [0.05, 0.1) is 0 Å². The Balaban J connectivity index is 0.000001000. The third-order valence-electron chi connectivity index (χ3n) is 1.04. The molecule has 0 spiro atoms. The molecule has 1 rings (SSSR count). The molecule has 0 aliphatic carbocycles. The van der Waals surface area contributed by atoms with E-state index in [9.17, 15) is 4.79 Å². The molecule has 1 aromatic rings. The number of H-pyrrole nitrogens is 2. The van der Waals surface area contributed by atoms with E-state index >= 15 is 0 Å². The molecule has 1 aromatic heterocycles. The molecule has 0 saturated heterocycles. The Kier molecular flexibility index (Phi) is 4.02. The van der Waals surface area contributed by atoms with Crippen molar-refractivity contribution in [3.63, 3.8) is 0 Å². The van der Waals surface area contributed by atoms with Crippen LogP contribution in [0.5, 0.6) is 0 Å². The normalized spacial score (nSPS) is 8.82. The summed E-state index contributed by atoms with van der Waals surface area (Å²) in [7, 11) is 0. The Labute approximate surface area is 74.2 Å². The minimum atomic E-state index is -0.218. The molecule has 0 amide bonds. The first-order valence-electron chi connectivity index (χ1n) is 2.75. The fourth-order valence-corrected chi connectivity index (χ4v) is 0.861. The predicted octanol–water partition coefficient (Wildman–Crippen LogP) is 0.313. The highest BCUT2D eigenvalue weighted by Gasteiger charge is 1.89. The summed E-state index contributed by atoms with van der Waals surface area (Å²) in [5.41, 5.74) is 5.69. The molecule has 0 radical (unpaired) electrons. The third-order valence-corrected chi connectivity index (χ3v) is 1.24. The SMILES string of the molecule is Cl.NCc1cc(=O)[nH]c(=S)[nH]1. The van der Waals surface area contributed by atoms with Gasteiger partial charge in [-0.15, -0.1) is 12.4 Å². The smallest absolute Gasteiger partial charge is 0.251 e. The predicted molar refractivity (Wildman–Crippen MR) is 47.4 cm³/mol. The van der Waals surface area contributed by atoms with E-state index in [0.717, 1.165) is 0 Å². The van der Waals surface area contributed by atoms with Crippen molar-refractivity contribution in [3.8, 4) is 0 Å². The van der Waals surface area contributed by atoms with Crippen LogP contribution in [0.15, 0.2) is 10.9 Å². The van der Waals surface area contributed by atoms with Gasteiger partial charge >= 0.3 is 0 Å². The van der Waals surface area contributed by atoms with Gasteiger partial charge in [0.15, 0.2) is 4.77 Å². The molecule has 0 bridgehead atoms. The highest BCUT2D eigenvalue weighted by atomic mass is 35.5. The highest BCUT2D eigenvalue weighted by Crippen LogP contribution is 1.83. The van der Waals surface area contributed by atoms with E-state index in [4.69, 9.17) is 5.73 Å². The zero-order chi connectivity index (χ0) is 7.56. The van der Waals surface area contributed by atoms with Crippen LogP contribution in [0.3, 0.4) is 0 Å². The topological polar surface area (TPSA) is 74.7 Å². The zero-order valence-corrected chi connectivity index (χ0v) is 7.22. The highest BCUT2D eigenvalue weighted by molar-refractivity contribution is 7.71. The molecule has 0 aliphatic heterocycles. The van der Waals surface area contributed by atoms with Gasteiger partial charge < -0.3 is 10.7 Å². The molecular formula is C5H8ClN3OS. The van der Waals surface area contributed by atoms with Gasteiger partial charge in [0, 0.05) is 18.3 Å². The molecule has 0 fully saturated rings. The fraction of sp³-hybridized carbons (Fsp3) is 0.200. The van der Waals surface area contributed by atoms with Crippen molar-refractivity contribution in [2.45, 2.75) is 6.54 Å². The van der Waals surface area contributed by atoms with Crippen molar-refractivity contribution < 1.29 is 0 Å². The van der Waals surface area contributed by atoms with Crippen LogP contribution in [0.4, 0.5) is 0 Å². The van der Waals surface area contributed by atoms with Crippen molar-refractivity contribution in [3.05, 3.63) is 26.9 Å². The molecule has 0 saturated carbocycles. The van der Waals surface area contributed by atoms with Crippen molar-refractivity contribution in [1.82, 2.24) is 9.97 Å². The zero-order valence-electron chi connectivity index (χ0n) is 5.59. The summed E-state index contributed by atoms with van der Waals surface area (Å²) in [5, 5.41) is 0. The van der Waals surface area contributed by atoms with E-state index in [-0.39, 0.29) is 18.0 Å². The van der Waals surface area contributed by atoms with Gasteiger partial charge in [0.25, 0.3) is 5.56 Å². The van der Waals surface area contributed by atoms with Crippen molar-refractivity contribution >= 4 is 24.6 Å². The van der Waals surface area contributed by atoms with Gasteiger partial charge in [-0.05, 0) is 12.2 Å². The number of nitrogens with two attached hydrogens (primary N) is 1. The van der Waals surface area contributed by atoms with Crippen LogP contribution in [0.25, 0.3) is 0 Å². The minimum absolute atomic E-state index is 0. The molecule has 6 heteroatoms. The number of hydrogen-bond donors (Lipinski definition) is 3. The molecule has 0 atom stereocenters. The Morgan fingerprint density at radius 2 is 2.18 bits per heavy atom. The Bertz CT molecular complexity index is 303. The molecule has 62 valence electrons. The van der Waals surface area contributed by atoms with Crippen LogP contribution >= 0.6 is 24.6 Å². The molecule has 0 aliphatic rings. The molecule has 4 N–H and O–H groups in total. The van der Waals surface area contributed by atoms with Gasteiger partial charge in [-0.2, -0.15) is 0 Å². The first-order valence-corrected chi connectivity index (χ1v) is 3.16. The summed E-state index contributed by atoms with van der Waals surface area (Å²) in [6, 6.07) is 1.38. The second-order valence-corrected chi connectivity index (χ2v) is 2.23. The van der Waals surface area contributed by atoms with Crippen molar-refractivity contribution in [2.24, 2.45) is 5.73 Å². The van der Waals surface area contributed by atoms with Crippen LogP contribution in [0, 0.1) is 4.77 Å². The molecule has 4 nitrogen and oxygen atoms in total. The van der Waals surface area contributed by atoms with Crippen LogP contribution < -0.4 is 11.3 Å². The summed E-state index contributed by atoms with van der Waals surface area (Å²) in [6.45, 7) is 0.299. The molecule has 0 unspecified atom stereocenters. The van der Waals surface area contributed by atoms with E-state index in [1.807, 2.05) is 0 Å². The number of halogens is 1. The van der Waals surface area contributed by atoms with Crippen molar-refractivity contribution in [1.29, 1.82) is 0 Å². The van der Waals surface area contributed by atoms with Gasteiger partial charge in [0.1, 0.15) is 0 Å². The van der Waals surface area contributed by atoms with E-state index in [1.54, 1.807) is 0 Å². The largest absolute Gasteiger partial charge is 0.335 e. The summed E-state index contributed by atoms with van der Waals surface area (Å²) < 4.78 is 0.313. The molecule has 11 heavy (non-hydrogen) atoms. The standard InChI is InChI=1S/C5H7N3OS.ClH/c6-2-3-1-4(9)8-5(10)7-3;/h1H,2,6H2,(H2,7,8,9,10);1H. The van der Waals surface area contributed by atoms with Gasteiger partial charge in [0.2, 0.25) is 0 Å². The summed E-state index contributed by atoms with van der Waals surface area (Å²) in [4.78, 5) is 15.8. The summed E-state index contributed by atoms with van der Waals surface area (Å²) >= 11 is 4.69. The summed E-state index contributed by atoms with van der Waals surface area (Å²) in [5.74, 6) is 0. The number of hydrogen-bond acceptors (Lipinski definition) is 3. The Morgan fingerprint density at radius 1 is 1.55 bits per heavy atom. The minimum Gasteiger partial charge on any atom is -0.335 e. The van der Waals surface area contributed by atoms with Gasteiger partial charge in [-0.1, -0.05) is 0 Å². The van der Waals surface area contributed by atoms with Gasteiger partial charge in [-0.3, -0.25) is 9.78 Å². The van der Waals surface area contributed by atoms with Crippen LogP contribution in [0.1, 0.15) is 5.69 Å². The third kappa shape index (κ3) is 2.83. The Morgan fingerprint density at radius 3 is 2.64 bits per heavy atom. The second-order valence-electron chi connectivity index (χ2n) is 1.82. The first kappa shape index (κ1) is 10.3. The van der Waals surface area contributed by atoms with E-state index in [2.05, 4.69) is 22.2 Å². The van der Waals surface area contributed by atoms with Crippen LogP contribution in [0.2, 0.25) is 0 Å². The molecular weight excluding hydrogens is 186 g/mol. The average Bonchev–Trinajstić information content (AvgIpc) is 1.85. The average molecular weight is 194 g/mol. The van der Waals surface area contributed by atoms with Gasteiger partial charge in [-0.25, -0.2) is 0 Å². The van der Waals surface area contributed by atoms with Crippen LogP contribution in [-0.2, 0) is 6.54 Å². The quantitative estimate of drug-likeness (QED) is 0.562. The lowest BCUT2D eigenvalue weighted by atomic mass is 10.4. The number of aromatic amines is 2. The number of nitrogens with one attached hydrogen (secondary N) is 2. The fourth-order valence-electron chi connectivity index (χ4n) is 0.629. The number of rotatable bonds is 1. The van der Waals surface area contributed by atoms with E-state index in [0.29, 0.717) is 17.0 Å². The molecule has 1 heterocycles. The lowest BCUT2D eigenvalue weighted by Gasteiger charge is -1.92. The van der Waals surface area contributed by atoms with E-state index < -0.39 is 0 Å². The second kappa shape index (κ2) is 4.27. The molecule has 0 aromatic carbocycles. The lowest BCUT2D eigenvalue weighted by molar-refractivity contribution is 0.937. The maximum Gasteiger partial charge on any atom is 0.251 e. The van der Waals surface area contributed by atoms with E-state index in [1.165, 1.54) is 6.07 Å². The maximum absolute atomic E-state index is 10.7. The summed E-state index contributed by atoms with van der Waals surface area (Å²) in [6.07, 6.45) is 0. The monoisotopic (exact) mass is 193 g/mol. The van der Waals surface area contributed by atoms with Crippen molar-refractivity contribution in [2.75, 3.05) is 0 Å². The first-order chi connectivity index (χ1) is 4.72. The number of aromatic nitrogens is 2. The Hall–Kier alpha value is -0.650. The lowest BCUT2D eigenvalue weighted by Crippen LogP contribution is -2.10.